The van der Waals surface area contributed by atoms with Crippen molar-refractivity contribution in [2.45, 2.75) is 26.2 Å². The van der Waals surface area contributed by atoms with E-state index in [0.29, 0.717) is 5.92 Å². The van der Waals surface area contributed by atoms with Gasteiger partial charge in [0.15, 0.2) is 0 Å². The number of nitro groups is 1. The molecule has 0 amide bonds. The SMILES string of the molecule is CC(C)C1(C)CNc2ccc([N+](=O)[O-])cc21. The first-order chi connectivity index (χ1) is 7.45. The molecule has 1 aromatic rings. The first-order valence-electron chi connectivity index (χ1n) is 5.48. The predicted octanol–water partition coefficient (Wildman–Crippen LogP) is 2.93. The predicted molar refractivity (Wildman–Crippen MR) is 63.8 cm³/mol. The van der Waals surface area contributed by atoms with E-state index in [1.807, 2.05) is 0 Å². The summed E-state index contributed by atoms with van der Waals surface area (Å²) in [4.78, 5) is 10.4. The van der Waals surface area contributed by atoms with Crippen molar-refractivity contribution in [3.63, 3.8) is 0 Å². The van der Waals surface area contributed by atoms with Gasteiger partial charge in [0.2, 0.25) is 0 Å². The molecule has 1 N–H and O–H groups in total. The zero-order valence-electron chi connectivity index (χ0n) is 9.78. The number of hydrogen-bond donors (Lipinski definition) is 1. The number of anilines is 1. The van der Waals surface area contributed by atoms with Gasteiger partial charge in [-0.25, -0.2) is 0 Å². The van der Waals surface area contributed by atoms with Gasteiger partial charge >= 0.3 is 0 Å². The van der Waals surface area contributed by atoms with Gasteiger partial charge in [0, 0.05) is 29.8 Å². The van der Waals surface area contributed by atoms with Gasteiger partial charge in [0.1, 0.15) is 0 Å². The summed E-state index contributed by atoms with van der Waals surface area (Å²) >= 11 is 0. The van der Waals surface area contributed by atoms with Crippen molar-refractivity contribution in [3.05, 3.63) is 33.9 Å². The third-order valence-electron chi connectivity index (χ3n) is 3.75. The second kappa shape index (κ2) is 3.47. The van der Waals surface area contributed by atoms with Crippen LogP contribution in [0.15, 0.2) is 18.2 Å². The van der Waals surface area contributed by atoms with Crippen molar-refractivity contribution in [1.29, 1.82) is 0 Å². The number of non-ortho nitro benzene ring substituents is 1. The van der Waals surface area contributed by atoms with Gasteiger partial charge < -0.3 is 5.32 Å². The Balaban J connectivity index is 2.53. The molecule has 0 saturated carbocycles. The van der Waals surface area contributed by atoms with Crippen LogP contribution in [0.3, 0.4) is 0 Å². The van der Waals surface area contributed by atoms with Gasteiger partial charge in [-0.3, -0.25) is 10.1 Å². The minimum atomic E-state index is -0.334. The fourth-order valence-electron chi connectivity index (χ4n) is 2.16. The molecule has 16 heavy (non-hydrogen) atoms. The number of nitrogens with zero attached hydrogens (tertiary/aromatic N) is 1. The fourth-order valence-corrected chi connectivity index (χ4v) is 2.16. The van der Waals surface area contributed by atoms with E-state index in [1.54, 1.807) is 18.2 Å². The molecule has 1 heterocycles. The molecule has 4 heteroatoms. The van der Waals surface area contributed by atoms with Crippen LogP contribution < -0.4 is 5.32 Å². The number of benzene rings is 1. The molecule has 0 fully saturated rings. The van der Waals surface area contributed by atoms with E-state index in [-0.39, 0.29) is 16.0 Å². The molecular formula is C12H16N2O2. The van der Waals surface area contributed by atoms with Crippen LogP contribution in [0.25, 0.3) is 0 Å². The van der Waals surface area contributed by atoms with Gasteiger partial charge in [0.05, 0.1) is 4.92 Å². The van der Waals surface area contributed by atoms with E-state index < -0.39 is 0 Å². The summed E-state index contributed by atoms with van der Waals surface area (Å²) in [7, 11) is 0. The number of nitrogens with one attached hydrogen (secondary N) is 1. The maximum absolute atomic E-state index is 10.8. The molecule has 86 valence electrons. The molecule has 1 aromatic carbocycles. The topological polar surface area (TPSA) is 55.2 Å². The van der Waals surface area contributed by atoms with Crippen LogP contribution in [0.5, 0.6) is 0 Å². The molecule has 1 aliphatic rings. The van der Waals surface area contributed by atoms with E-state index in [1.165, 1.54) is 0 Å². The molecule has 0 bridgehead atoms. The standard InChI is InChI=1S/C12H16N2O2/c1-8(2)12(3)7-13-11-5-4-9(14(15)16)6-10(11)12/h4-6,8,13H,7H2,1-3H3. The van der Waals surface area contributed by atoms with Gasteiger partial charge in [-0.15, -0.1) is 0 Å². The van der Waals surface area contributed by atoms with Crippen LogP contribution in [0.2, 0.25) is 0 Å². The highest BCUT2D eigenvalue weighted by Gasteiger charge is 2.38. The third-order valence-corrected chi connectivity index (χ3v) is 3.75. The number of rotatable bonds is 2. The zero-order valence-corrected chi connectivity index (χ0v) is 9.78. The second-order valence-electron chi connectivity index (χ2n) is 4.91. The van der Waals surface area contributed by atoms with E-state index in [9.17, 15) is 10.1 Å². The van der Waals surface area contributed by atoms with E-state index in [0.717, 1.165) is 17.8 Å². The summed E-state index contributed by atoms with van der Waals surface area (Å²) in [5, 5.41) is 14.1. The molecule has 0 radical (unpaired) electrons. The minimum Gasteiger partial charge on any atom is -0.384 e. The third kappa shape index (κ3) is 1.45. The smallest absolute Gasteiger partial charge is 0.269 e. The Bertz CT molecular complexity index is 443. The molecule has 1 unspecified atom stereocenters. The summed E-state index contributed by atoms with van der Waals surface area (Å²) in [5.74, 6) is 0.447. The molecular weight excluding hydrogens is 204 g/mol. The molecule has 2 rings (SSSR count). The van der Waals surface area contributed by atoms with Gasteiger partial charge in [-0.1, -0.05) is 20.8 Å². The normalized spacial score (nSPS) is 23.0. The summed E-state index contributed by atoms with van der Waals surface area (Å²) in [6.07, 6.45) is 0. The van der Waals surface area contributed by atoms with Gasteiger partial charge in [0.25, 0.3) is 5.69 Å². The van der Waals surface area contributed by atoms with Crippen LogP contribution in [-0.2, 0) is 5.41 Å². The molecule has 0 saturated heterocycles. The second-order valence-corrected chi connectivity index (χ2v) is 4.91. The highest BCUT2D eigenvalue weighted by Crippen LogP contribution is 2.42. The lowest BCUT2D eigenvalue weighted by Crippen LogP contribution is -2.30. The van der Waals surface area contributed by atoms with Crippen LogP contribution in [0, 0.1) is 16.0 Å². The van der Waals surface area contributed by atoms with E-state index in [4.69, 9.17) is 0 Å². The van der Waals surface area contributed by atoms with E-state index >= 15 is 0 Å². The Morgan fingerprint density at radius 2 is 2.19 bits per heavy atom. The molecule has 0 aliphatic carbocycles. The van der Waals surface area contributed by atoms with Crippen LogP contribution in [0.1, 0.15) is 26.3 Å². The summed E-state index contributed by atoms with van der Waals surface area (Å²) in [6, 6.07) is 5.06. The van der Waals surface area contributed by atoms with Crippen LogP contribution >= 0.6 is 0 Å². The first-order valence-corrected chi connectivity index (χ1v) is 5.48. The number of hydrogen-bond acceptors (Lipinski definition) is 3. The summed E-state index contributed by atoms with van der Waals surface area (Å²) < 4.78 is 0. The van der Waals surface area contributed by atoms with Crippen molar-refractivity contribution < 1.29 is 4.92 Å². The fraction of sp³-hybridized carbons (Fsp3) is 0.500. The minimum absolute atomic E-state index is 0.0125. The van der Waals surface area contributed by atoms with E-state index in [2.05, 4.69) is 26.1 Å². The van der Waals surface area contributed by atoms with Crippen molar-refractivity contribution in [2.24, 2.45) is 5.92 Å². The monoisotopic (exact) mass is 220 g/mol. The Labute approximate surface area is 94.8 Å². The lowest BCUT2D eigenvalue weighted by atomic mass is 9.75. The van der Waals surface area contributed by atoms with Crippen LogP contribution in [-0.4, -0.2) is 11.5 Å². The molecule has 0 spiro atoms. The Morgan fingerprint density at radius 1 is 1.50 bits per heavy atom. The maximum Gasteiger partial charge on any atom is 0.269 e. The highest BCUT2D eigenvalue weighted by molar-refractivity contribution is 5.63. The molecule has 0 aromatic heterocycles. The van der Waals surface area contributed by atoms with Crippen molar-refractivity contribution in [1.82, 2.24) is 0 Å². The first kappa shape index (κ1) is 10.9. The average Bonchev–Trinajstić information content (AvgIpc) is 2.57. The lowest BCUT2D eigenvalue weighted by Gasteiger charge is -2.28. The summed E-state index contributed by atoms with van der Waals surface area (Å²) in [5.41, 5.74) is 2.26. The lowest BCUT2D eigenvalue weighted by molar-refractivity contribution is -0.384. The van der Waals surface area contributed by atoms with Crippen molar-refractivity contribution >= 4 is 11.4 Å². The highest BCUT2D eigenvalue weighted by atomic mass is 16.6. The average molecular weight is 220 g/mol. The van der Waals surface area contributed by atoms with Crippen molar-refractivity contribution in [3.8, 4) is 0 Å². The zero-order chi connectivity index (χ0) is 11.9. The Hall–Kier alpha value is -1.58. The van der Waals surface area contributed by atoms with Crippen LogP contribution in [0.4, 0.5) is 11.4 Å². The summed E-state index contributed by atoms with van der Waals surface area (Å²) in [6.45, 7) is 7.30. The Kier molecular flexibility index (Phi) is 2.37. The molecule has 1 atom stereocenters. The number of nitro benzene ring substituents is 1. The largest absolute Gasteiger partial charge is 0.384 e. The Morgan fingerprint density at radius 3 is 2.75 bits per heavy atom. The maximum atomic E-state index is 10.8. The molecule has 1 aliphatic heterocycles. The molecule has 4 nitrogen and oxygen atoms in total. The quantitative estimate of drug-likeness (QED) is 0.615. The van der Waals surface area contributed by atoms with Gasteiger partial charge in [-0.05, 0) is 17.5 Å². The van der Waals surface area contributed by atoms with Crippen molar-refractivity contribution in [2.75, 3.05) is 11.9 Å². The van der Waals surface area contributed by atoms with Gasteiger partial charge in [-0.2, -0.15) is 0 Å². The number of fused-ring (bicyclic) bond motifs is 1.